The Balaban J connectivity index is 1.99. The number of carbonyl (C=O) groups is 1. The monoisotopic (exact) mass is 298 g/mol. The molecule has 0 aliphatic rings. The molecule has 3 nitrogen and oxygen atoms in total. The van der Waals surface area contributed by atoms with Gasteiger partial charge in [-0.05, 0) is 34.7 Å². The maximum absolute atomic E-state index is 13.0. The first kappa shape index (κ1) is 15.9. The van der Waals surface area contributed by atoms with Gasteiger partial charge in [0.1, 0.15) is 5.82 Å². The minimum Gasteiger partial charge on any atom is -0.267 e. The van der Waals surface area contributed by atoms with Crippen molar-refractivity contribution in [3.8, 4) is 0 Å². The van der Waals surface area contributed by atoms with Crippen LogP contribution in [0.3, 0.4) is 0 Å². The molecule has 4 heteroatoms. The van der Waals surface area contributed by atoms with Crippen LogP contribution in [0.25, 0.3) is 0 Å². The molecule has 0 bridgehead atoms. The van der Waals surface area contributed by atoms with Crippen molar-refractivity contribution in [3.05, 3.63) is 71.0 Å². The zero-order valence-electron chi connectivity index (χ0n) is 12.9. The molecular weight excluding hydrogens is 279 g/mol. The summed E-state index contributed by atoms with van der Waals surface area (Å²) < 4.78 is 13.0. The highest BCUT2D eigenvalue weighted by atomic mass is 19.1. The van der Waals surface area contributed by atoms with E-state index in [4.69, 9.17) is 0 Å². The summed E-state index contributed by atoms with van der Waals surface area (Å²) in [5.41, 5.74) is 4.83. The normalized spacial score (nSPS) is 11.6. The predicted octanol–water partition coefficient (Wildman–Crippen LogP) is 3.89. The average Bonchev–Trinajstić information content (AvgIpc) is 2.47. The van der Waals surface area contributed by atoms with Crippen molar-refractivity contribution in [2.75, 3.05) is 0 Å². The molecule has 0 atom stereocenters. The summed E-state index contributed by atoms with van der Waals surface area (Å²) in [5.74, 6) is -0.892. The molecule has 0 heterocycles. The summed E-state index contributed by atoms with van der Waals surface area (Å²) in [4.78, 5) is 11.8. The maximum Gasteiger partial charge on any atom is 0.271 e. The van der Waals surface area contributed by atoms with E-state index in [-0.39, 0.29) is 11.0 Å². The fourth-order valence-electron chi connectivity index (χ4n) is 1.93. The smallest absolute Gasteiger partial charge is 0.267 e. The summed E-state index contributed by atoms with van der Waals surface area (Å²) in [7, 11) is 0. The predicted molar refractivity (Wildman–Crippen MR) is 86.6 cm³/mol. The molecule has 0 saturated heterocycles. The topological polar surface area (TPSA) is 41.5 Å². The molecule has 0 fully saturated rings. The van der Waals surface area contributed by atoms with Gasteiger partial charge in [0.25, 0.3) is 5.91 Å². The second-order valence-electron chi connectivity index (χ2n) is 6.08. The number of amides is 1. The Labute approximate surface area is 129 Å². The lowest BCUT2D eigenvalue weighted by atomic mass is 9.87. The van der Waals surface area contributed by atoms with Gasteiger partial charge < -0.3 is 0 Å². The van der Waals surface area contributed by atoms with E-state index in [1.807, 2.05) is 24.3 Å². The van der Waals surface area contributed by atoms with E-state index in [1.54, 1.807) is 6.21 Å². The van der Waals surface area contributed by atoms with Crippen molar-refractivity contribution in [2.45, 2.75) is 26.2 Å². The van der Waals surface area contributed by atoms with Gasteiger partial charge in [0.15, 0.2) is 0 Å². The van der Waals surface area contributed by atoms with E-state index in [0.717, 1.165) is 5.56 Å². The minimum atomic E-state index is -0.450. The van der Waals surface area contributed by atoms with Crippen LogP contribution in [-0.4, -0.2) is 12.1 Å². The number of hydrogen-bond donors (Lipinski definition) is 1. The number of nitrogens with zero attached hydrogens (tertiary/aromatic N) is 1. The number of hydrogen-bond acceptors (Lipinski definition) is 2. The van der Waals surface area contributed by atoms with Crippen LogP contribution in [0.5, 0.6) is 0 Å². The van der Waals surface area contributed by atoms with Gasteiger partial charge in [-0.2, -0.15) is 5.10 Å². The van der Waals surface area contributed by atoms with Gasteiger partial charge in [-0.3, -0.25) is 4.79 Å². The number of rotatable bonds is 3. The number of carbonyl (C=O) groups excluding carboxylic acids is 1. The molecule has 2 rings (SSSR count). The van der Waals surface area contributed by atoms with Crippen molar-refractivity contribution < 1.29 is 9.18 Å². The Morgan fingerprint density at radius 2 is 1.82 bits per heavy atom. The van der Waals surface area contributed by atoms with Crippen LogP contribution in [0.15, 0.2) is 53.6 Å². The largest absolute Gasteiger partial charge is 0.271 e. The molecule has 1 N–H and O–H groups in total. The van der Waals surface area contributed by atoms with Gasteiger partial charge in [-0.15, -0.1) is 0 Å². The maximum atomic E-state index is 13.0. The third-order valence-corrected chi connectivity index (χ3v) is 3.24. The highest BCUT2D eigenvalue weighted by Crippen LogP contribution is 2.21. The van der Waals surface area contributed by atoms with E-state index < -0.39 is 11.7 Å². The quantitative estimate of drug-likeness (QED) is 0.678. The van der Waals surface area contributed by atoms with Crippen LogP contribution in [0, 0.1) is 5.82 Å². The summed E-state index contributed by atoms with van der Waals surface area (Å²) >= 11 is 0. The number of nitrogens with one attached hydrogen (secondary N) is 1. The van der Waals surface area contributed by atoms with E-state index in [9.17, 15) is 9.18 Å². The second kappa shape index (κ2) is 6.52. The zero-order valence-corrected chi connectivity index (χ0v) is 12.9. The number of hydrazone groups is 1. The van der Waals surface area contributed by atoms with Crippen molar-refractivity contribution in [1.29, 1.82) is 0 Å². The highest BCUT2D eigenvalue weighted by Gasteiger charge is 2.12. The molecule has 22 heavy (non-hydrogen) atoms. The second-order valence-corrected chi connectivity index (χ2v) is 6.08. The van der Waals surface area contributed by atoms with Gasteiger partial charge >= 0.3 is 0 Å². The van der Waals surface area contributed by atoms with E-state index in [0.29, 0.717) is 0 Å². The average molecular weight is 298 g/mol. The third-order valence-electron chi connectivity index (χ3n) is 3.24. The Bertz CT molecular complexity index is 685. The minimum absolute atomic E-state index is 0.0985. The van der Waals surface area contributed by atoms with Crippen molar-refractivity contribution >= 4 is 12.1 Å². The molecule has 0 radical (unpaired) electrons. The van der Waals surface area contributed by atoms with Gasteiger partial charge in [-0.1, -0.05) is 51.1 Å². The highest BCUT2D eigenvalue weighted by molar-refractivity contribution is 5.94. The Morgan fingerprint density at radius 1 is 1.14 bits per heavy atom. The van der Waals surface area contributed by atoms with Gasteiger partial charge in [0, 0.05) is 5.56 Å². The summed E-state index contributed by atoms with van der Waals surface area (Å²) in [5, 5.41) is 3.89. The van der Waals surface area contributed by atoms with Crippen LogP contribution in [0.4, 0.5) is 4.39 Å². The van der Waals surface area contributed by atoms with Crippen molar-refractivity contribution in [1.82, 2.24) is 5.43 Å². The first-order valence-electron chi connectivity index (χ1n) is 7.06. The van der Waals surface area contributed by atoms with E-state index >= 15 is 0 Å². The molecule has 0 aliphatic carbocycles. The Hall–Kier alpha value is -2.49. The first-order valence-corrected chi connectivity index (χ1v) is 7.06. The fourth-order valence-corrected chi connectivity index (χ4v) is 1.93. The van der Waals surface area contributed by atoms with Crippen LogP contribution < -0.4 is 5.43 Å². The zero-order chi connectivity index (χ0) is 16.2. The van der Waals surface area contributed by atoms with Crippen LogP contribution in [-0.2, 0) is 5.41 Å². The Morgan fingerprint density at radius 3 is 2.41 bits per heavy atom. The lowest BCUT2D eigenvalue weighted by Gasteiger charge is -2.18. The SMILES string of the molecule is CC(C)(C)c1ccc(/C=N/NC(=O)c2cccc(F)c2)cc1. The van der Waals surface area contributed by atoms with Gasteiger partial charge in [0.2, 0.25) is 0 Å². The van der Waals surface area contributed by atoms with Crippen molar-refractivity contribution in [2.24, 2.45) is 5.10 Å². The first-order chi connectivity index (χ1) is 10.4. The van der Waals surface area contributed by atoms with Gasteiger partial charge in [-0.25, -0.2) is 9.82 Å². The summed E-state index contributed by atoms with van der Waals surface area (Å²) in [6.07, 6.45) is 1.56. The summed E-state index contributed by atoms with van der Waals surface area (Å²) in [6, 6.07) is 13.4. The van der Waals surface area contributed by atoms with E-state index in [1.165, 1.54) is 29.8 Å². The summed E-state index contributed by atoms with van der Waals surface area (Å²) in [6.45, 7) is 6.44. The van der Waals surface area contributed by atoms with Gasteiger partial charge in [0.05, 0.1) is 6.21 Å². The lowest BCUT2D eigenvalue weighted by Crippen LogP contribution is -2.17. The van der Waals surface area contributed by atoms with Crippen LogP contribution in [0.1, 0.15) is 42.3 Å². The molecule has 0 aromatic heterocycles. The molecule has 0 spiro atoms. The number of benzene rings is 2. The van der Waals surface area contributed by atoms with Crippen LogP contribution >= 0.6 is 0 Å². The molecule has 0 saturated carbocycles. The molecule has 0 unspecified atom stereocenters. The molecular formula is C18H19FN2O. The molecule has 0 aliphatic heterocycles. The molecule has 114 valence electrons. The fraction of sp³-hybridized carbons (Fsp3) is 0.222. The lowest BCUT2D eigenvalue weighted by molar-refractivity contribution is 0.0954. The number of halogens is 1. The molecule has 2 aromatic carbocycles. The molecule has 2 aromatic rings. The van der Waals surface area contributed by atoms with Crippen LogP contribution in [0.2, 0.25) is 0 Å². The third kappa shape index (κ3) is 4.25. The van der Waals surface area contributed by atoms with E-state index in [2.05, 4.69) is 31.3 Å². The standard InChI is InChI=1S/C18H19FN2O/c1-18(2,3)15-9-7-13(8-10-15)12-20-21-17(22)14-5-4-6-16(19)11-14/h4-12H,1-3H3,(H,21,22)/b20-12+. The van der Waals surface area contributed by atoms with Crippen molar-refractivity contribution in [3.63, 3.8) is 0 Å². The Kier molecular flexibility index (Phi) is 4.71. The molecule has 1 amide bonds.